The standard InChI is InChI=1S/C31H33Cl3N4O3/c1-20(2)41-27-12-11-25(34)19-26(27)31(30(40)38-15-13-37(14-16-38)17-18-39)35-28(21-3-7-23(32)8-4-21)29(36-31)22-5-9-24(33)10-6-22/h3-12,18-20,28-29,35-36H,13-17H2,1-2H3. The Balaban J connectivity index is 1.64. The van der Waals surface area contributed by atoms with Gasteiger partial charge in [0.05, 0.1) is 24.7 Å². The van der Waals surface area contributed by atoms with Crippen LogP contribution in [-0.2, 0) is 15.3 Å². The molecule has 1 amide bonds. The molecule has 0 saturated carbocycles. The van der Waals surface area contributed by atoms with Gasteiger partial charge in [0, 0.05) is 46.8 Å². The lowest BCUT2D eigenvalue weighted by Crippen LogP contribution is -2.62. The van der Waals surface area contributed by atoms with E-state index >= 15 is 0 Å². The monoisotopic (exact) mass is 614 g/mol. The van der Waals surface area contributed by atoms with E-state index in [1.165, 1.54) is 0 Å². The molecule has 0 bridgehead atoms. The van der Waals surface area contributed by atoms with E-state index in [1.807, 2.05) is 78.2 Å². The number of halogens is 3. The summed E-state index contributed by atoms with van der Waals surface area (Å²) in [6, 6.07) is 20.0. The van der Waals surface area contributed by atoms with Crippen molar-refractivity contribution in [3.05, 3.63) is 98.5 Å². The van der Waals surface area contributed by atoms with Gasteiger partial charge in [0.1, 0.15) is 12.0 Å². The van der Waals surface area contributed by atoms with Crippen molar-refractivity contribution in [3.8, 4) is 5.75 Å². The molecule has 0 spiro atoms. The van der Waals surface area contributed by atoms with Crippen LogP contribution >= 0.6 is 34.8 Å². The molecular formula is C31H33Cl3N4O3. The number of nitrogens with zero attached hydrogens (tertiary/aromatic N) is 2. The number of carbonyl (C=O) groups is 2. The number of amides is 1. The fourth-order valence-corrected chi connectivity index (χ4v) is 6.01. The van der Waals surface area contributed by atoms with Gasteiger partial charge in [-0.2, -0.15) is 0 Å². The minimum atomic E-state index is -1.38. The number of nitrogens with one attached hydrogen (secondary N) is 2. The summed E-state index contributed by atoms with van der Waals surface area (Å²) in [5.41, 5.74) is 1.15. The molecule has 216 valence electrons. The number of benzene rings is 3. The first-order valence-electron chi connectivity index (χ1n) is 13.7. The smallest absolute Gasteiger partial charge is 0.262 e. The van der Waals surface area contributed by atoms with Crippen LogP contribution in [0, 0.1) is 0 Å². The van der Waals surface area contributed by atoms with Gasteiger partial charge in [-0.25, -0.2) is 0 Å². The first kappa shape index (κ1) is 29.8. The molecule has 2 atom stereocenters. The average Bonchev–Trinajstić information content (AvgIpc) is 3.36. The van der Waals surface area contributed by atoms with E-state index in [0.717, 1.165) is 17.4 Å². The van der Waals surface area contributed by atoms with E-state index in [4.69, 9.17) is 39.5 Å². The Morgan fingerprint density at radius 2 is 1.39 bits per heavy atom. The normalized spacial score (nSPS) is 23.1. The maximum Gasteiger partial charge on any atom is 0.262 e. The maximum absolute atomic E-state index is 14.8. The van der Waals surface area contributed by atoms with Crippen molar-refractivity contribution in [1.29, 1.82) is 0 Å². The van der Waals surface area contributed by atoms with Gasteiger partial charge in [-0.3, -0.25) is 20.3 Å². The van der Waals surface area contributed by atoms with Gasteiger partial charge < -0.3 is 14.4 Å². The van der Waals surface area contributed by atoms with Crippen molar-refractivity contribution in [2.75, 3.05) is 32.7 Å². The van der Waals surface area contributed by atoms with Gasteiger partial charge in [-0.15, -0.1) is 0 Å². The van der Waals surface area contributed by atoms with Gasteiger partial charge in [0.2, 0.25) is 0 Å². The molecule has 2 fully saturated rings. The number of hydrogen-bond acceptors (Lipinski definition) is 6. The fraction of sp³-hybridized carbons (Fsp3) is 0.355. The number of rotatable bonds is 8. The Hall–Kier alpha value is -2.65. The second-order valence-electron chi connectivity index (χ2n) is 10.7. The zero-order valence-electron chi connectivity index (χ0n) is 22.9. The minimum absolute atomic E-state index is 0.130. The first-order chi connectivity index (χ1) is 19.7. The highest BCUT2D eigenvalue weighted by molar-refractivity contribution is 6.31. The summed E-state index contributed by atoms with van der Waals surface area (Å²) in [6.07, 6.45) is 0.767. The molecule has 2 aliphatic heterocycles. The molecule has 7 nitrogen and oxygen atoms in total. The highest BCUT2D eigenvalue weighted by Crippen LogP contribution is 2.45. The minimum Gasteiger partial charge on any atom is -0.491 e. The number of aldehydes is 1. The molecule has 0 aliphatic carbocycles. The van der Waals surface area contributed by atoms with Gasteiger partial charge in [0.15, 0.2) is 5.66 Å². The fourth-order valence-electron chi connectivity index (χ4n) is 5.59. The van der Waals surface area contributed by atoms with E-state index < -0.39 is 5.66 Å². The van der Waals surface area contributed by atoms with Crippen LogP contribution < -0.4 is 15.4 Å². The number of ether oxygens (including phenoxy) is 1. The summed E-state index contributed by atoms with van der Waals surface area (Å²) in [5.74, 6) is 0.415. The molecule has 3 aromatic rings. The summed E-state index contributed by atoms with van der Waals surface area (Å²) >= 11 is 19.1. The van der Waals surface area contributed by atoms with E-state index in [1.54, 1.807) is 12.1 Å². The Bertz CT molecular complexity index is 1320. The van der Waals surface area contributed by atoms with E-state index in [0.29, 0.717) is 59.1 Å². The summed E-state index contributed by atoms with van der Waals surface area (Å²) in [5, 5.41) is 9.15. The average molecular weight is 616 g/mol. The molecule has 3 aromatic carbocycles. The zero-order valence-corrected chi connectivity index (χ0v) is 25.2. The Morgan fingerprint density at radius 1 is 0.878 bits per heavy atom. The molecule has 10 heteroatoms. The van der Waals surface area contributed by atoms with Crippen molar-refractivity contribution in [2.24, 2.45) is 0 Å². The number of carbonyl (C=O) groups excluding carboxylic acids is 2. The molecule has 2 saturated heterocycles. The molecule has 2 N–H and O–H groups in total. The Morgan fingerprint density at radius 3 is 1.88 bits per heavy atom. The summed E-state index contributed by atoms with van der Waals surface area (Å²) < 4.78 is 6.25. The quantitative estimate of drug-likeness (QED) is 0.321. The van der Waals surface area contributed by atoms with Crippen molar-refractivity contribution in [3.63, 3.8) is 0 Å². The van der Waals surface area contributed by atoms with Gasteiger partial charge >= 0.3 is 0 Å². The molecular weight excluding hydrogens is 583 g/mol. The highest BCUT2D eigenvalue weighted by Gasteiger charge is 2.54. The highest BCUT2D eigenvalue weighted by atomic mass is 35.5. The third kappa shape index (κ3) is 6.41. The summed E-state index contributed by atoms with van der Waals surface area (Å²) in [7, 11) is 0. The predicted molar refractivity (Wildman–Crippen MR) is 163 cm³/mol. The van der Waals surface area contributed by atoms with Crippen LogP contribution in [0.25, 0.3) is 0 Å². The lowest BCUT2D eigenvalue weighted by molar-refractivity contribution is -0.141. The van der Waals surface area contributed by atoms with Gasteiger partial charge in [-0.05, 0) is 67.4 Å². The third-order valence-electron chi connectivity index (χ3n) is 7.56. The lowest BCUT2D eigenvalue weighted by Gasteiger charge is -2.40. The van der Waals surface area contributed by atoms with Crippen molar-refractivity contribution < 1.29 is 14.3 Å². The largest absolute Gasteiger partial charge is 0.491 e. The van der Waals surface area contributed by atoms with Crippen LogP contribution in [0.2, 0.25) is 15.1 Å². The van der Waals surface area contributed by atoms with Crippen LogP contribution in [0.5, 0.6) is 5.75 Å². The number of piperazine rings is 1. The molecule has 5 rings (SSSR count). The van der Waals surface area contributed by atoms with Crippen LogP contribution in [0.3, 0.4) is 0 Å². The number of hydrogen-bond donors (Lipinski definition) is 2. The van der Waals surface area contributed by atoms with Crippen LogP contribution in [-0.4, -0.2) is 60.8 Å². The molecule has 0 aromatic heterocycles. The maximum atomic E-state index is 14.8. The second-order valence-corrected chi connectivity index (χ2v) is 12.0. The van der Waals surface area contributed by atoms with Crippen molar-refractivity contribution >= 4 is 47.0 Å². The molecule has 41 heavy (non-hydrogen) atoms. The molecule has 2 unspecified atom stereocenters. The first-order valence-corrected chi connectivity index (χ1v) is 14.8. The van der Waals surface area contributed by atoms with Crippen LogP contribution in [0.1, 0.15) is 42.6 Å². The second kappa shape index (κ2) is 12.7. The van der Waals surface area contributed by atoms with Crippen molar-refractivity contribution in [2.45, 2.75) is 37.7 Å². The SMILES string of the molecule is CC(C)Oc1ccc(Cl)cc1C1(C(=O)N2CCN(CC=O)CC2)NC(c2ccc(Cl)cc2)C(c2ccc(Cl)cc2)N1. The molecule has 2 heterocycles. The Labute approximate surface area is 255 Å². The van der Waals surface area contributed by atoms with Crippen molar-refractivity contribution in [1.82, 2.24) is 20.4 Å². The van der Waals surface area contributed by atoms with E-state index in [-0.39, 0.29) is 24.1 Å². The van der Waals surface area contributed by atoms with E-state index in [2.05, 4.69) is 10.6 Å². The van der Waals surface area contributed by atoms with E-state index in [9.17, 15) is 9.59 Å². The van der Waals surface area contributed by atoms with Crippen LogP contribution in [0.4, 0.5) is 0 Å². The summed E-state index contributed by atoms with van der Waals surface area (Å²) in [6.45, 7) is 6.41. The molecule has 0 radical (unpaired) electrons. The predicted octanol–water partition coefficient (Wildman–Crippen LogP) is 5.61. The lowest BCUT2D eigenvalue weighted by atomic mass is 9.95. The third-order valence-corrected chi connectivity index (χ3v) is 8.30. The summed E-state index contributed by atoms with van der Waals surface area (Å²) in [4.78, 5) is 29.7. The van der Waals surface area contributed by atoms with Gasteiger partial charge in [-0.1, -0.05) is 59.1 Å². The Kier molecular flexibility index (Phi) is 9.24. The van der Waals surface area contributed by atoms with Crippen LogP contribution in [0.15, 0.2) is 66.7 Å². The van der Waals surface area contributed by atoms with Gasteiger partial charge in [0.25, 0.3) is 5.91 Å². The zero-order chi connectivity index (χ0) is 29.1. The topological polar surface area (TPSA) is 73.9 Å². The molecule has 2 aliphatic rings.